The molecule has 15 heteroatoms. The van der Waals surface area contributed by atoms with Crippen molar-refractivity contribution in [2.75, 3.05) is 47.9 Å². The molecule has 5 aromatic rings. The van der Waals surface area contributed by atoms with Gasteiger partial charge in [-0.3, -0.25) is 14.9 Å². The summed E-state index contributed by atoms with van der Waals surface area (Å²) in [6.45, 7) is 0.199. The minimum atomic E-state index is -0.475. The number of methoxy groups -OCH3 is 5. The highest BCUT2D eigenvalue weighted by Gasteiger charge is 2.24. The van der Waals surface area contributed by atoms with Crippen LogP contribution in [-0.2, 0) is 0 Å². The summed E-state index contributed by atoms with van der Waals surface area (Å²) in [5.41, 5.74) is 0.836. The molecule has 246 valence electrons. The molecule has 14 nitrogen and oxygen atoms in total. The van der Waals surface area contributed by atoms with Gasteiger partial charge in [-0.2, -0.15) is 0 Å². The number of hydrogen-bond donors (Lipinski definition) is 0. The van der Waals surface area contributed by atoms with Crippen molar-refractivity contribution >= 4 is 28.4 Å². The molecular weight excluding hydrogens is 634 g/mol. The maximum atomic E-state index is 14.0. The van der Waals surface area contributed by atoms with Gasteiger partial charge < -0.3 is 37.3 Å². The van der Waals surface area contributed by atoms with Crippen molar-refractivity contribution in [3.8, 4) is 57.3 Å². The SMILES string of the molecule is COc1cc(OC)c2c(=O)c(OCCCCSc3nnc(-c4ccc([N+](=O)[O-])cc4)o3)c(-c3cc(OC)c(OC)c(OC)c3)oc2c1. The Labute approximate surface area is 272 Å². The first-order valence-corrected chi connectivity index (χ1v) is 15.2. The first-order chi connectivity index (χ1) is 22.8. The lowest BCUT2D eigenvalue weighted by molar-refractivity contribution is -0.384. The Morgan fingerprint density at radius 2 is 1.49 bits per heavy atom. The van der Waals surface area contributed by atoms with Crippen LogP contribution in [0.4, 0.5) is 5.69 Å². The number of nitro benzene ring substituents is 1. The van der Waals surface area contributed by atoms with Gasteiger partial charge in [0.15, 0.2) is 17.3 Å². The predicted octanol–water partition coefficient (Wildman–Crippen LogP) is 6.41. The van der Waals surface area contributed by atoms with Crippen LogP contribution in [0.3, 0.4) is 0 Å². The van der Waals surface area contributed by atoms with E-state index in [9.17, 15) is 14.9 Å². The predicted molar refractivity (Wildman–Crippen MR) is 173 cm³/mol. The Kier molecular flexibility index (Phi) is 10.3. The molecule has 0 atom stereocenters. The largest absolute Gasteiger partial charge is 0.496 e. The Morgan fingerprint density at radius 3 is 2.11 bits per heavy atom. The summed E-state index contributed by atoms with van der Waals surface area (Å²) >= 11 is 1.36. The van der Waals surface area contributed by atoms with Gasteiger partial charge in [0.2, 0.25) is 22.8 Å². The van der Waals surface area contributed by atoms with Gasteiger partial charge >= 0.3 is 0 Å². The summed E-state index contributed by atoms with van der Waals surface area (Å²) in [5.74, 6) is 2.89. The fourth-order valence-corrected chi connectivity index (χ4v) is 5.46. The summed E-state index contributed by atoms with van der Waals surface area (Å²) in [6.07, 6.45) is 1.28. The number of fused-ring (bicyclic) bond motifs is 1. The number of thioether (sulfide) groups is 1. The monoisotopic (exact) mass is 665 g/mol. The summed E-state index contributed by atoms with van der Waals surface area (Å²) in [7, 11) is 7.45. The van der Waals surface area contributed by atoms with Crippen molar-refractivity contribution in [1.29, 1.82) is 0 Å². The first-order valence-electron chi connectivity index (χ1n) is 14.2. The average Bonchev–Trinajstić information content (AvgIpc) is 3.58. The smallest absolute Gasteiger partial charge is 0.276 e. The molecule has 0 radical (unpaired) electrons. The Hall–Kier alpha value is -5.44. The molecule has 2 heterocycles. The third-order valence-electron chi connectivity index (χ3n) is 7.02. The van der Waals surface area contributed by atoms with Crippen LogP contribution >= 0.6 is 11.8 Å². The van der Waals surface area contributed by atoms with Gasteiger partial charge in [-0.25, -0.2) is 0 Å². The van der Waals surface area contributed by atoms with Gasteiger partial charge in [-0.1, -0.05) is 11.8 Å². The molecule has 0 spiro atoms. The third kappa shape index (κ3) is 7.04. The number of unbranched alkanes of at least 4 members (excludes halogenated alkanes) is 1. The Bertz CT molecular complexity index is 1910. The van der Waals surface area contributed by atoms with E-state index in [0.717, 1.165) is 0 Å². The maximum Gasteiger partial charge on any atom is 0.276 e. The van der Waals surface area contributed by atoms with Crippen molar-refractivity contribution in [2.24, 2.45) is 0 Å². The minimum absolute atomic E-state index is 0.00691. The van der Waals surface area contributed by atoms with E-state index in [0.29, 0.717) is 57.9 Å². The lowest BCUT2D eigenvalue weighted by Gasteiger charge is -2.17. The molecule has 0 aliphatic carbocycles. The van der Waals surface area contributed by atoms with Crippen molar-refractivity contribution in [2.45, 2.75) is 18.1 Å². The standard InChI is InChI=1S/C32H31N3O11S/c1-39-21-16-22(40-2)26-23(17-21)45-28(19-14-24(41-3)29(43-5)25(15-19)42-4)30(27(26)36)44-12-6-7-13-47-32-34-33-31(46-32)18-8-10-20(11-9-18)35(37)38/h8-11,14-17H,6-7,12-13H2,1-5H3. The van der Waals surface area contributed by atoms with Crippen LogP contribution in [0.15, 0.2) is 67.4 Å². The molecule has 0 saturated heterocycles. The Morgan fingerprint density at radius 1 is 0.787 bits per heavy atom. The van der Waals surface area contributed by atoms with Crippen LogP contribution < -0.4 is 33.8 Å². The number of non-ortho nitro benzene ring substituents is 1. The van der Waals surface area contributed by atoms with Gasteiger partial charge in [0.1, 0.15) is 22.5 Å². The molecule has 0 saturated carbocycles. The number of aromatic nitrogens is 2. The number of benzene rings is 3. The number of nitrogens with zero attached hydrogens (tertiary/aromatic N) is 3. The number of nitro groups is 1. The van der Waals surface area contributed by atoms with E-state index in [2.05, 4.69) is 10.2 Å². The lowest BCUT2D eigenvalue weighted by Crippen LogP contribution is -2.12. The van der Waals surface area contributed by atoms with E-state index in [1.807, 2.05) is 0 Å². The molecule has 5 rings (SSSR count). The van der Waals surface area contributed by atoms with Crippen molar-refractivity contribution in [3.63, 3.8) is 0 Å². The summed E-state index contributed by atoms with van der Waals surface area (Å²) in [6, 6.07) is 12.4. The summed E-state index contributed by atoms with van der Waals surface area (Å²) in [4.78, 5) is 24.4. The highest BCUT2D eigenvalue weighted by atomic mass is 32.2. The minimum Gasteiger partial charge on any atom is -0.496 e. The molecule has 2 aromatic heterocycles. The summed E-state index contributed by atoms with van der Waals surface area (Å²) in [5, 5.41) is 19.5. The average molecular weight is 666 g/mol. The second-order valence-corrected chi connectivity index (χ2v) is 10.8. The molecule has 0 unspecified atom stereocenters. The molecule has 0 amide bonds. The molecule has 0 aliphatic heterocycles. The van der Waals surface area contributed by atoms with E-state index >= 15 is 0 Å². The van der Waals surface area contributed by atoms with Crippen LogP contribution in [-0.4, -0.2) is 63.0 Å². The molecule has 0 N–H and O–H groups in total. The van der Waals surface area contributed by atoms with Gasteiger partial charge in [0.05, 0.1) is 47.1 Å². The maximum absolute atomic E-state index is 14.0. The second kappa shape index (κ2) is 14.8. The van der Waals surface area contributed by atoms with Gasteiger partial charge in [0, 0.05) is 41.1 Å². The van der Waals surface area contributed by atoms with E-state index < -0.39 is 10.4 Å². The molecule has 3 aromatic carbocycles. The van der Waals surface area contributed by atoms with E-state index in [-0.39, 0.29) is 46.4 Å². The zero-order valence-electron chi connectivity index (χ0n) is 26.2. The van der Waals surface area contributed by atoms with Crippen LogP contribution in [0, 0.1) is 10.1 Å². The topological polar surface area (TPSA) is 168 Å². The van der Waals surface area contributed by atoms with Crippen LogP contribution in [0.1, 0.15) is 12.8 Å². The van der Waals surface area contributed by atoms with Crippen molar-refractivity contribution in [3.05, 3.63) is 68.9 Å². The highest BCUT2D eigenvalue weighted by Crippen LogP contribution is 2.44. The molecule has 47 heavy (non-hydrogen) atoms. The number of ether oxygens (including phenoxy) is 6. The van der Waals surface area contributed by atoms with Crippen molar-refractivity contribution < 1.29 is 42.2 Å². The number of rotatable bonds is 15. The van der Waals surface area contributed by atoms with Crippen LogP contribution in [0.25, 0.3) is 33.7 Å². The van der Waals surface area contributed by atoms with Crippen LogP contribution in [0.2, 0.25) is 0 Å². The molecule has 0 fully saturated rings. The fourth-order valence-electron chi connectivity index (χ4n) is 4.70. The third-order valence-corrected chi connectivity index (χ3v) is 7.92. The van der Waals surface area contributed by atoms with E-state index in [1.54, 1.807) is 36.4 Å². The van der Waals surface area contributed by atoms with Gasteiger partial charge in [-0.05, 0) is 37.1 Å². The number of hydrogen-bond acceptors (Lipinski definition) is 14. The Balaban J connectivity index is 1.35. The molecular formula is C32H31N3O11S. The first kappa shape index (κ1) is 32.9. The zero-order valence-corrected chi connectivity index (χ0v) is 27.0. The zero-order chi connectivity index (χ0) is 33.5. The van der Waals surface area contributed by atoms with Gasteiger partial charge in [0.25, 0.3) is 10.9 Å². The normalized spacial score (nSPS) is 10.9. The van der Waals surface area contributed by atoms with Crippen LogP contribution in [0.5, 0.6) is 34.5 Å². The quantitative estimate of drug-likeness (QED) is 0.0520. The highest BCUT2D eigenvalue weighted by molar-refractivity contribution is 7.99. The summed E-state index contributed by atoms with van der Waals surface area (Å²) < 4.78 is 45.5. The van der Waals surface area contributed by atoms with Crippen molar-refractivity contribution in [1.82, 2.24) is 10.2 Å². The lowest BCUT2D eigenvalue weighted by atomic mass is 10.1. The van der Waals surface area contributed by atoms with E-state index in [1.165, 1.54) is 59.4 Å². The van der Waals surface area contributed by atoms with Gasteiger partial charge in [-0.15, -0.1) is 10.2 Å². The second-order valence-electron chi connectivity index (χ2n) is 9.79. The molecule has 0 bridgehead atoms. The molecule has 0 aliphatic rings. The fraction of sp³-hybridized carbons (Fsp3) is 0.281. The van der Waals surface area contributed by atoms with E-state index in [4.69, 9.17) is 37.3 Å².